The highest BCUT2D eigenvalue weighted by Gasteiger charge is 2.15. The van der Waals surface area contributed by atoms with Gasteiger partial charge in [-0.15, -0.1) is 11.3 Å². The number of hydrogen-bond donors (Lipinski definition) is 1. The number of pyridine rings is 1. The first-order chi connectivity index (χ1) is 11.5. The maximum absolute atomic E-state index is 12.6. The summed E-state index contributed by atoms with van der Waals surface area (Å²) < 4.78 is 1.35. The zero-order chi connectivity index (χ0) is 17.3. The van der Waals surface area contributed by atoms with Crippen molar-refractivity contribution in [2.45, 2.75) is 33.4 Å². The molecule has 24 heavy (non-hydrogen) atoms. The zero-order valence-electron chi connectivity index (χ0n) is 13.7. The molecule has 0 saturated heterocycles. The summed E-state index contributed by atoms with van der Waals surface area (Å²) in [6.07, 6.45) is 4.83. The number of fused-ring (bicyclic) bond motifs is 1. The van der Waals surface area contributed by atoms with E-state index >= 15 is 0 Å². The van der Waals surface area contributed by atoms with E-state index < -0.39 is 0 Å². The molecule has 0 aliphatic carbocycles. The molecule has 3 aromatic heterocycles. The van der Waals surface area contributed by atoms with Gasteiger partial charge in [0.15, 0.2) is 0 Å². The van der Waals surface area contributed by atoms with Crippen molar-refractivity contribution in [3.8, 4) is 0 Å². The van der Waals surface area contributed by atoms with E-state index in [9.17, 15) is 9.59 Å². The molecule has 0 aliphatic heterocycles. The Labute approximate surface area is 143 Å². The lowest BCUT2D eigenvalue weighted by molar-refractivity contribution is -0.122. The first kappa shape index (κ1) is 16.3. The van der Waals surface area contributed by atoms with E-state index in [2.05, 4.69) is 15.3 Å². The van der Waals surface area contributed by atoms with Gasteiger partial charge < -0.3 is 5.32 Å². The molecule has 0 spiro atoms. The minimum absolute atomic E-state index is 0.0549. The van der Waals surface area contributed by atoms with Gasteiger partial charge in [-0.05, 0) is 38.0 Å². The highest BCUT2D eigenvalue weighted by molar-refractivity contribution is 7.18. The van der Waals surface area contributed by atoms with Gasteiger partial charge in [-0.2, -0.15) is 0 Å². The largest absolute Gasteiger partial charge is 0.348 e. The van der Waals surface area contributed by atoms with Crippen LogP contribution < -0.4 is 10.9 Å². The van der Waals surface area contributed by atoms with Crippen LogP contribution in [0.3, 0.4) is 0 Å². The summed E-state index contributed by atoms with van der Waals surface area (Å²) in [4.78, 5) is 35.0. The molecule has 1 N–H and O–H groups in total. The van der Waals surface area contributed by atoms with Crippen LogP contribution in [0.4, 0.5) is 0 Å². The van der Waals surface area contributed by atoms with Crippen molar-refractivity contribution in [2.24, 2.45) is 0 Å². The quantitative estimate of drug-likeness (QED) is 0.789. The lowest BCUT2D eigenvalue weighted by Gasteiger charge is -2.14. The van der Waals surface area contributed by atoms with E-state index in [0.717, 1.165) is 20.8 Å². The molecule has 0 radical (unpaired) electrons. The van der Waals surface area contributed by atoms with Crippen molar-refractivity contribution < 1.29 is 4.79 Å². The van der Waals surface area contributed by atoms with Gasteiger partial charge in [0.2, 0.25) is 5.91 Å². The average Bonchev–Trinajstić information content (AvgIpc) is 2.86. The third kappa shape index (κ3) is 3.07. The standard InChI is InChI=1S/C17H18N4O2S/c1-10-12(3)24-16-15(10)17(23)21(9-19-16)8-14(22)20-11(2)13-5-4-6-18-7-13/h4-7,9,11H,8H2,1-3H3,(H,20,22)/t11-/m1/s1. The third-order valence-corrected chi connectivity index (χ3v) is 5.15. The number of nitrogens with one attached hydrogen (secondary N) is 1. The van der Waals surface area contributed by atoms with Gasteiger partial charge in [0.05, 0.1) is 17.8 Å². The number of thiophene rings is 1. The maximum atomic E-state index is 12.6. The van der Waals surface area contributed by atoms with Crippen molar-refractivity contribution in [1.29, 1.82) is 0 Å². The molecule has 1 amide bonds. The average molecular weight is 342 g/mol. The third-order valence-electron chi connectivity index (χ3n) is 4.03. The van der Waals surface area contributed by atoms with Crippen LogP contribution in [0.5, 0.6) is 0 Å². The number of carbonyl (C=O) groups is 1. The fourth-order valence-electron chi connectivity index (χ4n) is 2.54. The first-order valence-electron chi connectivity index (χ1n) is 7.62. The van der Waals surface area contributed by atoms with Crippen LogP contribution in [-0.4, -0.2) is 20.4 Å². The molecular weight excluding hydrogens is 324 g/mol. The van der Waals surface area contributed by atoms with Crippen LogP contribution >= 0.6 is 11.3 Å². The summed E-state index contributed by atoms with van der Waals surface area (Å²) in [5.74, 6) is -0.237. The number of aromatic nitrogens is 3. The molecule has 6 nitrogen and oxygen atoms in total. The van der Waals surface area contributed by atoms with Crippen molar-refractivity contribution in [3.05, 3.63) is 57.2 Å². The van der Waals surface area contributed by atoms with Crippen LogP contribution in [0.15, 0.2) is 35.6 Å². The van der Waals surface area contributed by atoms with Crippen molar-refractivity contribution in [2.75, 3.05) is 0 Å². The second kappa shape index (κ2) is 6.52. The molecule has 3 aromatic rings. The molecule has 0 fully saturated rings. The predicted molar refractivity (Wildman–Crippen MR) is 94.1 cm³/mol. The number of carbonyl (C=O) groups excluding carboxylic acids is 1. The summed E-state index contributed by atoms with van der Waals surface area (Å²) in [5, 5.41) is 3.48. The highest BCUT2D eigenvalue weighted by atomic mass is 32.1. The lowest BCUT2D eigenvalue weighted by atomic mass is 10.1. The number of rotatable bonds is 4. The molecule has 0 aromatic carbocycles. The van der Waals surface area contributed by atoms with Crippen molar-refractivity contribution in [1.82, 2.24) is 19.9 Å². The topological polar surface area (TPSA) is 76.9 Å². The number of amides is 1. The normalized spacial score (nSPS) is 12.3. The van der Waals surface area contributed by atoms with Gasteiger partial charge in [-0.3, -0.25) is 19.1 Å². The summed E-state index contributed by atoms with van der Waals surface area (Å²) in [5.41, 5.74) is 1.67. The number of aryl methyl sites for hydroxylation is 2. The van der Waals surface area contributed by atoms with Gasteiger partial charge in [-0.25, -0.2) is 4.98 Å². The fraction of sp³-hybridized carbons (Fsp3) is 0.294. The van der Waals surface area contributed by atoms with Gasteiger partial charge in [0.1, 0.15) is 11.4 Å². The van der Waals surface area contributed by atoms with E-state index in [0.29, 0.717) is 5.39 Å². The van der Waals surface area contributed by atoms with Gasteiger partial charge in [0, 0.05) is 17.3 Å². The van der Waals surface area contributed by atoms with Gasteiger partial charge in [0.25, 0.3) is 5.56 Å². The SMILES string of the molecule is Cc1sc2ncn(CC(=O)N[C@H](C)c3cccnc3)c(=O)c2c1C. The minimum atomic E-state index is -0.237. The van der Waals surface area contributed by atoms with E-state index in [4.69, 9.17) is 0 Å². The monoisotopic (exact) mass is 342 g/mol. The molecule has 3 rings (SSSR count). The second-order valence-electron chi connectivity index (χ2n) is 5.72. The van der Waals surface area contributed by atoms with Crippen molar-refractivity contribution >= 4 is 27.5 Å². The van der Waals surface area contributed by atoms with Crippen LogP contribution in [0.25, 0.3) is 10.2 Å². The van der Waals surface area contributed by atoms with Crippen LogP contribution in [0, 0.1) is 13.8 Å². The second-order valence-corrected chi connectivity index (χ2v) is 6.92. The molecule has 0 saturated carbocycles. The Bertz CT molecular complexity index is 946. The van der Waals surface area contributed by atoms with Crippen LogP contribution in [-0.2, 0) is 11.3 Å². The summed E-state index contributed by atoms with van der Waals surface area (Å²) in [6.45, 7) is 5.70. The Morgan fingerprint density at radius 3 is 2.92 bits per heavy atom. The van der Waals surface area contributed by atoms with Crippen LogP contribution in [0.1, 0.15) is 29.0 Å². The summed E-state index contributed by atoms with van der Waals surface area (Å²) in [7, 11) is 0. The van der Waals surface area contributed by atoms with Gasteiger partial charge in [-0.1, -0.05) is 6.07 Å². The lowest BCUT2D eigenvalue weighted by Crippen LogP contribution is -2.34. The minimum Gasteiger partial charge on any atom is -0.348 e. The fourth-order valence-corrected chi connectivity index (χ4v) is 3.53. The summed E-state index contributed by atoms with van der Waals surface area (Å²) >= 11 is 1.50. The van der Waals surface area contributed by atoms with E-state index in [1.807, 2.05) is 32.9 Å². The Hall–Kier alpha value is -2.54. The Morgan fingerprint density at radius 1 is 1.42 bits per heavy atom. The predicted octanol–water partition coefficient (Wildman–Crippen LogP) is 2.35. The Kier molecular flexibility index (Phi) is 4.44. The Morgan fingerprint density at radius 2 is 2.21 bits per heavy atom. The van der Waals surface area contributed by atoms with E-state index in [1.54, 1.807) is 12.4 Å². The molecule has 0 bridgehead atoms. The summed E-state index contributed by atoms with van der Waals surface area (Å²) in [6, 6.07) is 3.54. The molecule has 1 atom stereocenters. The van der Waals surface area contributed by atoms with Gasteiger partial charge >= 0.3 is 0 Å². The van der Waals surface area contributed by atoms with E-state index in [1.165, 1.54) is 22.2 Å². The molecule has 0 aliphatic rings. The highest BCUT2D eigenvalue weighted by Crippen LogP contribution is 2.25. The molecule has 124 valence electrons. The number of hydrogen-bond acceptors (Lipinski definition) is 5. The molecular formula is C17H18N4O2S. The Balaban J connectivity index is 1.80. The zero-order valence-corrected chi connectivity index (χ0v) is 14.6. The molecule has 7 heteroatoms. The number of nitrogens with zero attached hydrogens (tertiary/aromatic N) is 3. The maximum Gasteiger partial charge on any atom is 0.262 e. The van der Waals surface area contributed by atoms with Crippen LogP contribution in [0.2, 0.25) is 0 Å². The molecule has 0 unspecified atom stereocenters. The molecule has 3 heterocycles. The smallest absolute Gasteiger partial charge is 0.262 e. The van der Waals surface area contributed by atoms with E-state index in [-0.39, 0.29) is 24.1 Å². The van der Waals surface area contributed by atoms with Crippen molar-refractivity contribution in [3.63, 3.8) is 0 Å². The first-order valence-corrected chi connectivity index (χ1v) is 8.43.